The fraction of sp³-hybridized carbons (Fsp3) is 0.231. The van der Waals surface area contributed by atoms with Crippen molar-refractivity contribution in [2.45, 2.75) is 19.6 Å². The van der Waals surface area contributed by atoms with Gasteiger partial charge >= 0.3 is 0 Å². The van der Waals surface area contributed by atoms with E-state index in [9.17, 15) is 0 Å². The van der Waals surface area contributed by atoms with Crippen LogP contribution in [0.1, 0.15) is 5.56 Å². The predicted molar refractivity (Wildman–Crippen MR) is 66.4 cm³/mol. The van der Waals surface area contributed by atoms with E-state index in [-0.39, 0.29) is 0 Å². The van der Waals surface area contributed by atoms with E-state index in [1.165, 1.54) is 0 Å². The maximum Gasteiger partial charge on any atom is 0.133 e. The van der Waals surface area contributed by atoms with Crippen molar-refractivity contribution in [2.24, 2.45) is 0 Å². The van der Waals surface area contributed by atoms with Crippen LogP contribution < -0.4 is 0 Å². The molecule has 2 aromatic rings. The molecule has 0 saturated heterocycles. The van der Waals surface area contributed by atoms with E-state index in [0.29, 0.717) is 0 Å². The molecule has 2 rings (SSSR count). The van der Waals surface area contributed by atoms with Gasteiger partial charge in [0.15, 0.2) is 0 Å². The predicted octanol–water partition coefficient (Wildman–Crippen LogP) is 3.66. The molecular formula is C13H14OSi. The van der Waals surface area contributed by atoms with E-state index in [4.69, 9.17) is 4.42 Å². The quantitative estimate of drug-likeness (QED) is 0.482. The van der Waals surface area contributed by atoms with Crippen LogP contribution in [0.3, 0.4) is 0 Å². The Labute approximate surface area is 91.1 Å². The highest BCUT2D eigenvalue weighted by atomic mass is 28.3. The molecule has 15 heavy (non-hydrogen) atoms. The number of rotatable bonds is 0. The SMILES string of the molecule is C[Si](C)(C)C#Cc1ccc2occc2c1. The maximum absolute atomic E-state index is 5.28. The summed E-state index contributed by atoms with van der Waals surface area (Å²) in [5, 5.41) is 1.12. The molecule has 0 aliphatic rings. The molecule has 1 aromatic heterocycles. The summed E-state index contributed by atoms with van der Waals surface area (Å²) in [6.45, 7) is 6.74. The Kier molecular flexibility index (Phi) is 2.41. The van der Waals surface area contributed by atoms with Crippen LogP contribution in [-0.2, 0) is 0 Å². The molecule has 0 aliphatic heterocycles. The van der Waals surface area contributed by atoms with Crippen LogP contribution in [0.2, 0.25) is 19.6 Å². The van der Waals surface area contributed by atoms with E-state index >= 15 is 0 Å². The topological polar surface area (TPSA) is 13.1 Å². The molecule has 0 fully saturated rings. The second-order valence-corrected chi connectivity index (χ2v) is 9.42. The first-order valence-electron chi connectivity index (χ1n) is 5.05. The molecule has 0 N–H and O–H groups in total. The van der Waals surface area contributed by atoms with Crippen LogP contribution in [0.15, 0.2) is 34.9 Å². The van der Waals surface area contributed by atoms with E-state index in [2.05, 4.69) is 37.2 Å². The first-order chi connectivity index (χ1) is 7.04. The molecule has 0 radical (unpaired) electrons. The van der Waals surface area contributed by atoms with Crippen molar-refractivity contribution in [2.75, 3.05) is 0 Å². The van der Waals surface area contributed by atoms with E-state index in [1.807, 2.05) is 18.2 Å². The summed E-state index contributed by atoms with van der Waals surface area (Å²) in [4.78, 5) is 0. The van der Waals surface area contributed by atoms with Gasteiger partial charge in [0.25, 0.3) is 0 Å². The van der Waals surface area contributed by atoms with Crippen molar-refractivity contribution in [3.05, 3.63) is 36.1 Å². The Hall–Kier alpha value is -1.46. The lowest BCUT2D eigenvalue weighted by Gasteiger charge is -2.03. The molecule has 0 bridgehead atoms. The van der Waals surface area contributed by atoms with Crippen LogP contribution in [0.4, 0.5) is 0 Å². The Morgan fingerprint density at radius 2 is 1.93 bits per heavy atom. The van der Waals surface area contributed by atoms with Crippen molar-refractivity contribution >= 4 is 19.0 Å². The highest BCUT2D eigenvalue weighted by molar-refractivity contribution is 6.83. The van der Waals surface area contributed by atoms with Gasteiger partial charge in [0.1, 0.15) is 13.7 Å². The monoisotopic (exact) mass is 214 g/mol. The Morgan fingerprint density at radius 3 is 2.67 bits per heavy atom. The van der Waals surface area contributed by atoms with Crippen molar-refractivity contribution < 1.29 is 4.42 Å². The van der Waals surface area contributed by atoms with Gasteiger partial charge in [0.2, 0.25) is 0 Å². The third kappa shape index (κ3) is 2.51. The molecule has 0 unspecified atom stereocenters. The zero-order valence-corrected chi connectivity index (χ0v) is 10.3. The van der Waals surface area contributed by atoms with Gasteiger partial charge in [-0.15, -0.1) is 5.54 Å². The van der Waals surface area contributed by atoms with Crippen LogP contribution in [0.25, 0.3) is 11.0 Å². The average Bonchev–Trinajstić information content (AvgIpc) is 2.60. The van der Waals surface area contributed by atoms with Gasteiger partial charge in [-0.3, -0.25) is 0 Å². The number of benzene rings is 1. The molecule has 0 spiro atoms. The standard InChI is InChI=1S/C13H14OSi/c1-15(2,3)9-7-11-4-5-13-12(10-11)6-8-14-13/h4-6,8,10H,1-3H3. The molecule has 0 amide bonds. The Balaban J connectivity index is 2.39. The zero-order valence-electron chi connectivity index (χ0n) is 9.29. The van der Waals surface area contributed by atoms with Crippen LogP contribution in [0.5, 0.6) is 0 Å². The molecular weight excluding hydrogens is 200 g/mol. The second-order valence-electron chi connectivity index (χ2n) is 4.67. The summed E-state index contributed by atoms with van der Waals surface area (Å²) in [6, 6.07) is 8.03. The number of fused-ring (bicyclic) bond motifs is 1. The summed E-state index contributed by atoms with van der Waals surface area (Å²) in [5.41, 5.74) is 5.35. The minimum absolute atomic E-state index is 0.925. The van der Waals surface area contributed by atoms with Crippen molar-refractivity contribution in [1.82, 2.24) is 0 Å². The van der Waals surface area contributed by atoms with Crippen molar-refractivity contribution in [1.29, 1.82) is 0 Å². The molecule has 0 saturated carbocycles. The van der Waals surface area contributed by atoms with E-state index in [0.717, 1.165) is 16.5 Å². The van der Waals surface area contributed by atoms with Crippen molar-refractivity contribution in [3.63, 3.8) is 0 Å². The van der Waals surface area contributed by atoms with E-state index < -0.39 is 8.07 Å². The number of furan rings is 1. The largest absolute Gasteiger partial charge is 0.464 e. The van der Waals surface area contributed by atoms with Crippen LogP contribution >= 0.6 is 0 Å². The fourth-order valence-electron chi connectivity index (χ4n) is 1.30. The van der Waals surface area contributed by atoms with Crippen LogP contribution in [0, 0.1) is 11.5 Å². The summed E-state index contributed by atoms with van der Waals surface area (Å²) in [5.74, 6) is 3.24. The molecule has 0 atom stereocenters. The van der Waals surface area contributed by atoms with Gasteiger partial charge in [-0.1, -0.05) is 25.6 Å². The van der Waals surface area contributed by atoms with Gasteiger partial charge in [0, 0.05) is 10.9 Å². The minimum Gasteiger partial charge on any atom is -0.464 e. The lowest BCUT2D eigenvalue weighted by Crippen LogP contribution is -2.16. The Bertz CT molecular complexity index is 535. The van der Waals surface area contributed by atoms with E-state index in [1.54, 1.807) is 6.26 Å². The molecule has 1 heterocycles. The number of hydrogen-bond donors (Lipinski definition) is 0. The Morgan fingerprint density at radius 1 is 1.13 bits per heavy atom. The first-order valence-corrected chi connectivity index (χ1v) is 8.55. The molecule has 0 aliphatic carbocycles. The molecule has 2 heteroatoms. The lowest BCUT2D eigenvalue weighted by atomic mass is 10.2. The molecule has 1 nitrogen and oxygen atoms in total. The average molecular weight is 214 g/mol. The summed E-state index contributed by atoms with van der Waals surface area (Å²) in [7, 11) is -1.28. The third-order valence-electron chi connectivity index (χ3n) is 2.03. The second kappa shape index (κ2) is 3.60. The minimum atomic E-state index is -1.28. The van der Waals surface area contributed by atoms with Gasteiger partial charge < -0.3 is 4.42 Å². The fourth-order valence-corrected chi connectivity index (χ4v) is 1.82. The molecule has 76 valence electrons. The zero-order chi connectivity index (χ0) is 10.9. The highest BCUT2D eigenvalue weighted by Crippen LogP contribution is 2.16. The van der Waals surface area contributed by atoms with Gasteiger partial charge in [-0.2, -0.15) is 0 Å². The highest BCUT2D eigenvalue weighted by Gasteiger charge is 2.07. The summed E-state index contributed by atoms with van der Waals surface area (Å²) in [6.07, 6.45) is 1.71. The van der Waals surface area contributed by atoms with Gasteiger partial charge in [0.05, 0.1) is 6.26 Å². The van der Waals surface area contributed by atoms with Crippen LogP contribution in [-0.4, -0.2) is 8.07 Å². The summed E-state index contributed by atoms with van der Waals surface area (Å²) >= 11 is 0. The smallest absolute Gasteiger partial charge is 0.133 e. The first kappa shape index (κ1) is 10.1. The van der Waals surface area contributed by atoms with Gasteiger partial charge in [-0.25, -0.2) is 0 Å². The maximum atomic E-state index is 5.28. The van der Waals surface area contributed by atoms with Crippen molar-refractivity contribution in [3.8, 4) is 11.5 Å². The lowest BCUT2D eigenvalue weighted by molar-refractivity contribution is 0.616. The summed E-state index contributed by atoms with van der Waals surface area (Å²) < 4.78 is 5.28. The third-order valence-corrected chi connectivity index (χ3v) is 2.91. The van der Waals surface area contributed by atoms with Gasteiger partial charge in [-0.05, 0) is 24.3 Å². The molecule has 1 aromatic carbocycles. The normalized spacial score (nSPS) is 11.1. The number of hydrogen-bond acceptors (Lipinski definition) is 1.